The molecule has 0 amide bonds. The fourth-order valence-electron chi connectivity index (χ4n) is 1.80. The van der Waals surface area contributed by atoms with Gasteiger partial charge in [0.25, 0.3) is 0 Å². The van der Waals surface area contributed by atoms with Crippen LogP contribution in [-0.4, -0.2) is 17.2 Å². The van der Waals surface area contributed by atoms with Crippen molar-refractivity contribution in [3.63, 3.8) is 0 Å². The van der Waals surface area contributed by atoms with E-state index in [-0.39, 0.29) is 6.54 Å². The first kappa shape index (κ1) is 14.2. The lowest BCUT2D eigenvalue weighted by Gasteiger charge is -2.09. The summed E-state index contributed by atoms with van der Waals surface area (Å²) in [4.78, 5) is 4.05. The fraction of sp³-hybridized carbons (Fsp3) is 0.214. The van der Waals surface area contributed by atoms with Crippen LogP contribution < -0.4 is 10.1 Å². The Morgan fingerprint density at radius 3 is 2.60 bits per heavy atom. The molecule has 0 saturated heterocycles. The van der Waals surface area contributed by atoms with Gasteiger partial charge in [0.2, 0.25) is 5.88 Å². The minimum Gasteiger partial charge on any atom is -0.503 e. The summed E-state index contributed by atoms with van der Waals surface area (Å²) in [7, 11) is 1.52. The van der Waals surface area contributed by atoms with Crippen LogP contribution in [0.15, 0.2) is 30.5 Å². The number of pyridine rings is 1. The predicted molar refractivity (Wildman–Crippen MR) is 69.4 cm³/mol. The number of aromatic hydroxyl groups is 1. The maximum Gasteiger partial charge on any atom is 0.217 e. The minimum absolute atomic E-state index is 0.256. The van der Waals surface area contributed by atoms with E-state index in [0.717, 1.165) is 17.7 Å². The Morgan fingerprint density at radius 1 is 1.25 bits per heavy atom. The molecule has 4 nitrogen and oxygen atoms in total. The number of hydrogen-bond acceptors (Lipinski definition) is 4. The maximum atomic E-state index is 13.2. The van der Waals surface area contributed by atoms with Gasteiger partial charge >= 0.3 is 0 Å². The molecule has 0 bridgehead atoms. The van der Waals surface area contributed by atoms with Crippen LogP contribution in [0.3, 0.4) is 0 Å². The number of benzene rings is 1. The molecule has 20 heavy (non-hydrogen) atoms. The Labute approximate surface area is 115 Å². The zero-order valence-corrected chi connectivity index (χ0v) is 10.9. The molecular formula is C14H14F2N2O2. The molecule has 0 saturated carbocycles. The van der Waals surface area contributed by atoms with Crippen LogP contribution in [0.4, 0.5) is 8.78 Å². The van der Waals surface area contributed by atoms with Crippen LogP contribution in [0.2, 0.25) is 0 Å². The van der Waals surface area contributed by atoms with E-state index in [4.69, 9.17) is 9.84 Å². The summed E-state index contributed by atoms with van der Waals surface area (Å²) in [5.41, 5.74) is 1.25. The molecule has 6 heteroatoms. The lowest BCUT2D eigenvalue weighted by Crippen LogP contribution is -2.14. The molecule has 0 aliphatic carbocycles. The van der Waals surface area contributed by atoms with Gasteiger partial charge in [0.15, 0.2) is 17.4 Å². The molecule has 2 aromatic rings. The van der Waals surface area contributed by atoms with E-state index in [9.17, 15) is 8.78 Å². The second-order valence-electron chi connectivity index (χ2n) is 4.18. The van der Waals surface area contributed by atoms with Crippen molar-refractivity contribution in [3.8, 4) is 11.6 Å². The molecule has 1 aromatic carbocycles. The van der Waals surface area contributed by atoms with E-state index in [2.05, 4.69) is 10.3 Å². The first-order valence-electron chi connectivity index (χ1n) is 5.97. The summed E-state index contributed by atoms with van der Waals surface area (Å²) < 4.78 is 31.4. The highest BCUT2D eigenvalue weighted by Gasteiger charge is 2.09. The summed E-state index contributed by atoms with van der Waals surface area (Å²) in [5.74, 6) is -2.40. The second-order valence-corrected chi connectivity index (χ2v) is 4.18. The Bertz CT molecular complexity index is 582. The van der Waals surface area contributed by atoms with Gasteiger partial charge in [-0.05, 0) is 23.8 Å². The van der Waals surface area contributed by atoms with Gasteiger partial charge in [-0.25, -0.2) is 13.8 Å². The van der Waals surface area contributed by atoms with Crippen molar-refractivity contribution in [2.45, 2.75) is 13.1 Å². The van der Waals surface area contributed by atoms with Gasteiger partial charge in [0.05, 0.1) is 7.11 Å². The molecule has 0 fully saturated rings. The molecule has 0 spiro atoms. The van der Waals surface area contributed by atoms with E-state index < -0.39 is 17.4 Å². The fourth-order valence-corrected chi connectivity index (χ4v) is 1.80. The lowest BCUT2D eigenvalue weighted by atomic mass is 10.2. The van der Waals surface area contributed by atoms with Crippen molar-refractivity contribution in [1.29, 1.82) is 0 Å². The van der Waals surface area contributed by atoms with Gasteiger partial charge < -0.3 is 15.2 Å². The Morgan fingerprint density at radius 2 is 1.95 bits per heavy atom. The van der Waals surface area contributed by atoms with Crippen LogP contribution in [-0.2, 0) is 13.1 Å². The molecule has 0 radical (unpaired) electrons. The Kier molecular flexibility index (Phi) is 4.47. The molecule has 0 aliphatic heterocycles. The van der Waals surface area contributed by atoms with Gasteiger partial charge in [-0.15, -0.1) is 0 Å². The zero-order chi connectivity index (χ0) is 14.5. The highest BCUT2D eigenvalue weighted by Crippen LogP contribution is 2.21. The van der Waals surface area contributed by atoms with Crippen molar-refractivity contribution in [2.24, 2.45) is 0 Å². The van der Waals surface area contributed by atoms with Gasteiger partial charge in [0, 0.05) is 24.8 Å². The number of nitrogens with one attached hydrogen (secondary N) is 1. The largest absolute Gasteiger partial charge is 0.503 e. The standard InChI is InChI=1S/C14H14F2N2O2/c1-20-14-10(3-2-4-18-14)8-17-7-9-5-11(15)13(19)12(16)6-9/h2-6,17,19H,7-8H2,1H3. The number of ether oxygens (including phenoxy) is 1. The van der Waals surface area contributed by atoms with E-state index in [1.807, 2.05) is 6.07 Å². The molecule has 0 unspecified atom stereocenters. The third-order valence-electron chi connectivity index (χ3n) is 2.76. The van der Waals surface area contributed by atoms with Crippen molar-refractivity contribution in [2.75, 3.05) is 7.11 Å². The normalized spacial score (nSPS) is 10.6. The summed E-state index contributed by atoms with van der Waals surface area (Å²) >= 11 is 0. The van der Waals surface area contributed by atoms with Gasteiger partial charge in [0.1, 0.15) is 0 Å². The Balaban J connectivity index is 1.99. The summed E-state index contributed by atoms with van der Waals surface area (Å²) in [6, 6.07) is 5.80. The van der Waals surface area contributed by atoms with Gasteiger partial charge in [-0.2, -0.15) is 0 Å². The molecule has 2 N–H and O–H groups in total. The van der Waals surface area contributed by atoms with E-state index in [0.29, 0.717) is 18.0 Å². The Hall–Kier alpha value is -2.21. The zero-order valence-electron chi connectivity index (χ0n) is 10.9. The van der Waals surface area contributed by atoms with Crippen LogP contribution in [0.1, 0.15) is 11.1 Å². The number of phenolic OH excluding ortho intramolecular Hbond substituents is 1. The first-order chi connectivity index (χ1) is 9.61. The molecule has 2 rings (SSSR count). The summed E-state index contributed by atoms with van der Waals surface area (Å²) in [6.45, 7) is 0.702. The SMILES string of the molecule is COc1ncccc1CNCc1cc(F)c(O)c(F)c1. The second kappa shape index (κ2) is 6.29. The van der Waals surface area contributed by atoms with E-state index in [1.54, 1.807) is 12.3 Å². The maximum absolute atomic E-state index is 13.2. The molecule has 1 heterocycles. The lowest BCUT2D eigenvalue weighted by molar-refractivity contribution is 0.390. The average molecular weight is 280 g/mol. The molecule has 0 atom stereocenters. The van der Waals surface area contributed by atoms with Crippen LogP contribution in [0.25, 0.3) is 0 Å². The van der Waals surface area contributed by atoms with Gasteiger partial charge in [-0.1, -0.05) is 6.07 Å². The number of halogens is 2. The highest BCUT2D eigenvalue weighted by molar-refractivity contribution is 5.30. The monoisotopic (exact) mass is 280 g/mol. The first-order valence-corrected chi connectivity index (χ1v) is 5.97. The number of phenols is 1. The van der Waals surface area contributed by atoms with Crippen molar-refractivity contribution >= 4 is 0 Å². The number of rotatable bonds is 5. The molecule has 1 aromatic heterocycles. The molecule has 0 aliphatic rings. The summed E-state index contributed by atoms with van der Waals surface area (Å²) in [6.07, 6.45) is 1.62. The van der Waals surface area contributed by atoms with Crippen LogP contribution in [0, 0.1) is 11.6 Å². The van der Waals surface area contributed by atoms with Crippen LogP contribution in [0.5, 0.6) is 11.6 Å². The minimum atomic E-state index is -0.972. The number of hydrogen-bond donors (Lipinski definition) is 2. The molecule has 106 valence electrons. The summed E-state index contributed by atoms with van der Waals surface area (Å²) in [5, 5.41) is 12.0. The third-order valence-corrected chi connectivity index (χ3v) is 2.76. The predicted octanol–water partition coefficient (Wildman–Crippen LogP) is 2.36. The third kappa shape index (κ3) is 3.21. The number of aromatic nitrogens is 1. The topological polar surface area (TPSA) is 54.4 Å². The highest BCUT2D eigenvalue weighted by atomic mass is 19.1. The quantitative estimate of drug-likeness (QED) is 0.883. The van der Waals surface area contributed by atoms with Crippen molar-refractivity contribution in [3.05, 3.63) is 53.2 Å². The number of methoxy groups -OCH3 is 1. The average Bonchev–Trinajstić information content (AvgIpc) is 2.45. The number of nitrogens with zero attached hydrogens (tertiary/aromatic N) is 1. The van der Waals surface area contributed by atoms with Crippen molar-refractivity contribution in [1.82, 2.24) is 10.3 Å². The van der Waals surface area contributed by atoms with Crippen LogP contribution >= 0.6 is 0 Å². The smallest absolute Gasteiger partial charge is 0.217 e. The van der Waals surface area contributed by atoms with Crippen molar-refractivity contribution < 1.29 is 18.6 Å². The van der Waals surface area contributed by atoms with E-state index in [1.165, 1.54) is 7.11 Å². The van der Waals surface area contributed by atoms with E-state index >= 15 is 0 Å². The molecular weight excluding hydrogens is 266 g/mol. The van der Waals surface area contributed by atoms with Gasteiger partial charge in [-0.3, -0.25) is 0 Å².